The van der Waals surface area contributed by atoms with Crippen molar-refractivity contribution in [3.05, 3.63) is 65.7 Å². The molecule has 0 unspecified atom stereocenters. The van der Waals surface area contributed by atoms with E-state index >= 15 is 0 Å². The fraction of sp³-hybridized carbons (Fsp3) is 0. The number of benzene rings is 2. The van der Waals surface area contributed by atoms with E-state index in [2.05, 4.69) is 30.1 Å². The number of nitrogens with two attached hydrogens (primary N) is 1. The Balaban J connectivity index is 2.31. The molecule has 0 saturated carbocycles. The van der Waals surface area contributed by atoms with Crippen molar-refractivity contribution in [3.63, 3.8) is 0 Å². The molecule has 0 amide bonds. The first kappa shape index (κ1) is 12.7. The zero-order valence-electron chi connectivity index (χ0n) is 10.6. The second-order valence-electron chi connectivity index (χ2n) is 4.01. The van der Waals surface area contributed by atoms with Gasteiger partial charge in [0.05, 0.1) is 5.69 Å². The summed E-state index contributed by atoms with van der Waals surface area (Å²) in [6.07, 6.45) is 1.75. The number of hydrogen-bond acceptors (Lipinski definition) is 2. The van der Waals surface area contributed by atoms with Gasteiger partial charge in [-0.2, -0.15) is 0 Å². The fourth-order valence-corrected chi connectivity index (χ4v) is 1.65. The summed E-state index contributed by atoms with van der Waals surface area (Å²) in [5.74, 6) is 6.20. The molecule has 0 spiro atoms. The second-order valence-corrected chi connectivity index (χ2v) is 4.01. The van der Waals surface area contributed by atoms with Crippen LogP contribution in [0.4, 0.5) is 11.4 Å². The molecule has 0 heterocycles. The molecule has 2 heteroatoms. The molecule has 2 rings (SSSR count). The van der Waals surface area contributed by atoms with Crippen molar-refractivity contribution in [3.8, 4) is 11.8 Å². The Morgan fingerprint density at radius 2 is 1.63 bits per heavy atom. The van der Waals surface area contributed by atoms with E-state index in [0.717, 1.165) is 28.1 Å². The Bertz CT molecular complexity index is 671. The van der Waals surface area contributed by atoms with Crippen LogP contribution in [0.5, 0.6) is 0 Å². The van der Waals surface area contributed by atoms with Crippen molar-refractivity contribution in [2.24, 2.45) is 4.99 Å². The summed E-state index contributed by atoms with van der Waals surface area (Å²) in [6.45, 7) is 7.28. The van der Waals surface area contributed by atoms with E-state index in [1.54, 1.807) is 6.08 Å². The Morgan fingerprint density at radius 3 is 2.26 bits per heavy atom. The molecule has 92 valence electrons. The molecule has 0 aromatic heterocycles. The first-order chi connectivity index (χ1) is 9.22. The summed E-state index contributed by atoms with van der Waals surface area (Å²) in [7, 11) is 0. The van der Waals surface area contributed by atoms with E-state index in [4.69, 9.17) is 5.73 Å². The number of nitrogens with zero attached hydrogens (tertiary/aromatic N) is 1. The highest BCUT2D eigenvalue weighted by Gasteiger charge is 1.97. The monoisotopic (exact) mass is 246 g/mol. The lowest BCUT2D eigenvalue weighted by Gasteiger charge is -2.00. The van der Waals surface area contributed by atoms with Gasteiger partial charge < -0.3 is 5.73 Å². The second kappa shape index (κ2) is 5.70. The summed E-state index contributed by atoms with van der Waals surface area (Å²) < 4.78 is 0. The van der Waals surface area contributed by atoms with Gasteiger partial charge in [-0.05, 0) is 49.2 Å². The van der Waals surface area contributed by atoms with Gasteiger partial charge in [0.15, 0.2) is 0 Å². The van der Waals surface area contributed by atoms with E-state index in [1.807, 2.05) is 42.5 Å². The minimum Gasteiger partial charge on any atom is -0.399 e. The molecule has 2 aromatic rings. The van der Waals surface area contributed by atoms with Crippen LogP contribution in [0, 0.1) is 11.8 Å². The molecule has 0 aliphatic heterocycles. The van der Waals surface area contributed by atoms with Crippen LogP contribution < -0.4 is 5.73 Å². The Labute approximate surface area is 113 Å². The van der Waals surface area contributed by atoms with Gasteiger partial charge >= 0.3 is 0 Å². The summed E-state index contributed by atoms with van der Waals surface area (Å²) in [5.41, 5.74) is 9.95. The topological polar surface area (TPSA) is 38.4 Å². The maximum atomic E-state index is 5.63. The van der Waals surface area contributed by atoms with Gasteiger partial charge in [0.25, 0.3) is 0 Å². The molecule has 0 aliphatic rings. The molecule has 2 N–H and O–H groups in total. The van der Waals surface area contributed by atoms with Crippen molar-refractivity contribution in [2.75, 3.05) is 5.73 Å². The summed E-state index contributed by atoms with van der Waals surface area (Å²) in [6, 6.07) is 13.2. The van der Waals surface area contributed by atoms with Gasteiger partial charge in [-0.3, -0.25) is 4.99 Å². The average molecular weight is 246 g/mol. The molecule has 0 fully saturated rings. The third-order valence-electron chi connectivity index (χ3n) is 2.68. The molecule has 0 aliphatic carbocycles. The van der Waals surface area contributed by atoms with E-state index < -0.39 is 0 Å². The predicted molar refractivity (Wildman–Crippen MR) is 82.6 cm³/mol. The van der Waals surface area contributed by atoms with Gasteiger partial charge in [-0.25, -0.2) is 0 Å². The highest BCUT2D eigenvalue weighted by molar-refractivity contribution is 5.67. The number of anilines is 1. The lowest BCUT2D eigenvalue weighted by atomic mass is 10.1. The predicted octanol–water partition coefficient (Wildman–Crippen LogP) is 3.64. The molecule has 2 aromatic carbocycles. The molecule has 0 bridgehead atoms. The Hall–Kier alpha value is -2.79. The fourth-order valence-electron chi connectivity index (χ4n) is 1.65. The number of aliphatic imine (C=N–C) groups is 1. The van der Waals surface area contributed by atoms with Gasteiger partial charge in [0, 0.05) is 22.4 Å². The Kier molecular flexibility index (Phi) is 3.80. The largest absolute Gasteiger partial charge is 0.399 e. The lowest BCUT2D eigenvalue weighted by molar-refractivity contribution is 1.50. The SMILES string of the molecule is C=Cc1cc(C#Cc2ccc(N)cc2)ccc1N=C. The summed E-state index contributed by atoms with van der Waals surface area (Å²) >= 11 is 0. The summed E-state index contributed by atoms with van der Waals surface area (Å²) in [5, 5.41) is 0. The van der Waals surface area contributed by atoms with Crippen LogP contribution in [0.2, 0.25) is 0 Å². The smallest absolute Gasteiger partial charge is 0.0695 e. The van der Waals surface area contributed by atoms with Gasteiger partial charge in [0.2, 0.25) is 0 Å². The van der Waals surface area contributed by atoms with E-state index in [-0.39, 0.29) is 0 Å². The highest BCUT2D eigenvalue weighted by atomic mass is 14.7. The minimum atomic E-state index is 0.737. The van der Waals surface area contributed by atoms with Crippen molar-refractivity contribution in [1.29, 1.82) is 0 Å². The van der Waals surface area contributed by atoms with Crippen LogP contribution in [0.1, 0.15) is 16.7 Å². The van der Waals surface area contributed by atoms with E-state index in [9.17, 15) is 0 Å². The standard InChI is InChI=1S/C17H14N2/c1-3-15-12-14(8-11-17(15)19-2)5-4-13-6-9-16(18)10-7-13/h3,6-12H,1-2,18H2. The molecular weight excluding hydrogens is 232 g/mol. The van der Waals surface area contributed by atoms with Crippen LogP contribution in [-0.2, 0) is 0 Å². The van der Waals surface area contributed by atoms with Crippen LogP contribution in [-0.4, -0.2) is 6.72 Å². The molecule has 0 radical (unpaired) electrons. The maximum absolute atomic E-state index is 5.63. The van der Waals surface area contributed by atoms with E-state index in [0.29, 0.717) is 0 Å². The lowest BCUT2D eigenvalue weighted by Crippen LogP contribution is -1.83. The highest BCUT2D eigenvalue weighted by Crippen LogP contribution is 2.20. The first-order valence-electron chi connectivity index (χ1n) is 5.83. The van der Waals surface area contributed by atoms with Gasteiger partial charge in [0.1, 0.15) is 0 Å². The zero-order valence-corrected chi connectivity index (χ0v) is 10.6. The number of nitrogen functional groups attached to an aromatic ring is 1. The zero-order chi connectivity index (χ0) is 13.7. The molecule has 2 nitrogen and oxygen atoms in total. The van der Waals surface area contributed by atoms with Crippen molar-refractivity contribution in [1.82, 2.24) is 0 Å². The molecule has 19 heavy (non-hydrogen) atoms. The third-order valence-corrected chi connectivity index (χ3v) is 2.68. The average Bonchev–Trinajstić information content (AvgIpc) is 2.46. The van der Waals surface area contributed by atoms with Crippen LogP contribution >= 0.6 is 0 Å². The summed E-state index contributed by atoms with van der Waals surface area (Å²) in [4.78, 5) is 3.93. The maximum Gasteiger partial charge on any atom is 0.0695 e. The normalized spacial score (nSPS) is 9.26. The first-order valence-corrected chi connectivity index (χ1v) is 5.83. The van der Waals surface area contributed by atoms with E-state index in [1.165, 1.54) is 0 Å². The van der Waals surface area contributed by atoms with Gasteiger partial charge in [-0.15, -0.1) is 0 Å². The van der Waals surface area contributed by atoms with Crippen molar-refractivity contribution >= 4 is 24.2 Å². The number of rotatable bonds is 2. The van der Waals surface area contributed by atoms with Crippen molar-refractivity contribution < 1.29 is 0 Å². The van der Waals surface area contributed by atoms with Crippen LogP contribution in [0.15, 0.2) is 54.0 Å². The van der Waals surface area contributed by atoms with Crippen LogP contribution in [0.25, 0.3) is 6.08 Å². The molecular formula is C17H14N2. The van der Waals surface area contributed by atoms with Crippen LogP contribution in [0.3, 0.4) is 0 Å². The third kappa shape index (κ3) is 3.11. The van der Waals surface area contributed by atoms with Gasteiger partial charge in [-0.1, -0.05) is 24.5 Å². The Morgan fingerprint density at radius 1 is 1.00 bits per heavy atom. The molecule has 0 atom stereocenters. The molecule has 0 saturated heterocycles. The van der Waals surface area contributed by atoms with Crippen molar-refractivity contribution in [2.45, 2.75) is 0 Å². The quantitative estimate of drug-likeness (QED) is 0.490. The minimum absolute atomic E-state index is 0.737. The number of hydrogen-bond donors (Lipinski definition) is 1.